The molecule has 3 rings (SSSR count). The van der Waals surface area contributed by atoms with Crippen LogP contribution in [-0.4, -0.2) is 22.8 Å². The monoisotopic (exact) mass is 254 g/mol. The lowest BCUT2D eigenvalue weighted by molar-refractivity contribution is 0.210. The van der Waals surface area contributed by atoms with Crippen molar-refractivity contribution in [3.63, 3.8) is 0 Å². The Morgan fingerprint density at radius 3 is 2.63 bits per heavy atom. The molecule has 2 heterocycles. The van der Waals surface area contributed by atoms with Gasteiger partial charge in [-0.15, -0.1) is 0 Å². The second-order valence-electron chi connectivity index (χ2n) is 5.55. The van der Waals surface area contributed by atoms with Crippen molar-refractivity contribution in [1.82, 2.24) is 5.01 Å². The molecule has 0 bridgehead atoms. The number of fused-ring (bicyclic) bond motifs is 1. The Morgan fingerprint density at radius 2 is 2.00 bits per heavy atom. The molecule has 0 N–H and O–H groups in total. The molecule has 1 fully saturated rings. The topological polar surface area (TPSA) is 42.6 Å². The van der Waals surface area contributed by atoms with Gasteiger partial charge in [-0.2, -0.15) is 20.5 Å². The number of hydrogen-bond acceptors (Lipinski definition) is 4. The number of hydrogen-bond donors (Lipinski definition) is 0. The Bertz CT molecular complexity index is 569. The van der Waals surface area contributed by atoms with Crippen LogP contribution in [0.3, 0.4) is 0 Å². The third kappa shape index (κ3) is 1.58. The zero-order chi connectivity index (χ0) is 13.6. The van der Waals surface area contributed by atoms with Gasteiger partial charge in [-0.25, -0.2) is 0 Å². The van der Waals surface area contributed by atoms with Gasteiger partial charge in [-0.1, -0.05) is 17.7 Å². The molecule has 0 aliphatic carbocycles. The fourth-order valence-electron chi connectivity index (χ4n) is 3.04. The summed E-state index contributed by atoms with van der Waals surface area (Å²) in [4.78, 5) is 0. The van der Waals surface area contributed by atoms with E-state index in [4.69, 9.17) is 0 Å². The van der Waals surface area contributed by atoms with Gasteiger partial charge in [0, 0.05) is 6.54 Å². The molecule has 0 unspecified atom stereocenters. The molecule has 98 valence electrons. The molecule has 0 spiro atoms. The highest BCUT2D eigenvalue weighted by atomic mass is 15.8. The van der Waals surface area contributed by atoms with Crippen molar-refractivity contribution in [3.05, 3.63) is 29.8 Å². The minimum absolute atomic E-state index is 0.0201. The number of hydrazine groups is 1. The fraction of sp³-hybridized carbons (Fsp3) is 0.467. The van der Waals surface area contributed by atoms with Gasteiger partial charge in [0.2, 0.25) is 0 Å². The largest absolute Gasteiger partial charge is 0.198 e. The second kappa shape index (κ2) is 4.07. The van der Waals surface area contributed by atoms with Crippen molar-refractivity contribution in [2.45, 2.75) is 32.7 Å². The van der Waals surface area contributed by atoms with E-state index < -0.39 is 0 Å². The highest BCUT2D eigenvalue weighted by Gasteiger charge is 2.54. The van der Waals surface area contributed by atoms with Gasteiger partial charge in [0.05, 0.1) is 28.9 Å². The molecule has 2 aliphatic rings. The summed E-state index contributed by atoms with van der Waals surface area (Å²) in [6, 6.07) is 10.8. The lowest BCUT2D eigenvalue weighted by atomic mass is 9.85. The smallest absolute Gasteiger partial charge is 0.0948 e. The minimum atomic E-state index is -0.250. The van der Waals surface area contributed by atoms with E-state index in [1.165, 1.54) is 5.56 Å². The van der Waals surface area contributed by atoms with Crippen LogP contribution in [0.5, 0.6) is 0 Å². The number of nitrogens with zero attached hydrogens (tertiary/aromatic N) is 4. The summed E-state index contributed by atoms with van der Waals surface area (Å²) in [7, 11) is 0. The van der Waals surface area contributed by atoms with Crippen LogP contribution in [0.2, 0.25) is 0 Å². The lowest BCUT2D eigenvalue weighted by Crippen LogP contribution is -2.50. The van der Waals surface area contributed by atoms with Crippen LogP contribution in [0.25, 0.3) is 0 Å². The fourth-order valence-corrected chi connectivity index (χ4v) is 3.04. The maximum Gasteiger partial charge on any atom is 0.0948 e. The van der Waals surface area contributed by atoms with Crippen LogP contribution >= 0.6 is 0 Å². The molecule has 1 aromatic rings. The number of anilines is 1. The average molecular weight is 254 g/mol. The Kier molecular flexibility index (Phi) is 2.61. The van der Waals surface area contributed by atoms with Crippen molar-refractivity contribution in [2.75, 3.05) is 11.7 Å². The summed E-state index contributed by atoms with van der Waals surface area (Å²) in [6.07, 6.45) is 0.905. The van der Waals surface area contributed by atoms with Crippen molar-refractivity contribution >= 4 is 11.4 Å². The Balaban J connectivity index is 1.99. The molecule has 4 nitrogen and oxygen atoms in total. The van der Waals surface area contributed by atoms with Gasteiger partial charge >= 0.3 is 0 Å². The van der Waals surface area contributed by atoms with Crippen LogP contribution in [0.15, 0.2) is 29.4 Å². The molecule has 1 saturated heterocycles. The third-order valence-electron chi connectivity index (χ3n) is 4.47. The first-order chi connectivity index (χ1) is 9.07. The molecule has 2 atom stereocenters. The predicted molar refractivity (Wildman–Crippen MR) is 75.6 cm³/mol. The van der Waals surface area contributed by atoms with Gasteiger partial charge in [0.25, 0.3) is 0 Å². The SMILES string of the molecule is CC1=NN(c2ccc(C)cc2)N2CC[C@H](C#N)[C@@]12C. The summed E-state index contributed by atoms with van der Waals surface area (Å²) in [5, 5.41) is 18.2. The van der Waals surface area contributed by atoms with Gasteiger partial charge in [-0.3, -0.25) is 0 Å². The Labute approximate surface area is 113 Å². The van der Waals surface area contributed by atoms with E-state index in [-0.39, 0.29) is 11.5 Å². The number of benzene rings is 1. The van der Waals surface area contributed by atoms with E-state index in [2.05, 4.69) is 54.3 Å². The molecular weight excluding hydrogens is 236 g/mol. The molecule has 0 amide bonds. The first-order valence-corrected chi connectivity index (χ1v) is 6.67. The third-order valence-corrected chi connectivity index (χ3v) is 4.47. The van der Waals surface area contributed by atoms with E-state index in [0.717, 1.165) is 24.4 Å². The summed E-state index contributed by atoms with van der Waals surface area (Å²) < 4.78 is 0. The maximum absolute atomic E-state index is 9.34. The highest BCUT2D eigenvalue weighted by molar-refractivity contribution is 5.95. The Morgan fingerprint density at radius 1 is 1.32 bits per heavy atom. The van der Waals surface area contributed by atoms with Crippen LogP contribution in [0.1, 0.15) is 25.8 Å². The van der Waals surface area contributed by atoms with Crippen LogP contribution in [0.4, 0.5) is 5.69 Å². The van der Waals surface area contributed by atoms with Crippen molar-refractivity contribution < 1.29 is 0 Å². The molecule has 1 aromatic carbocycles. The van der Waals surface area contributed by atoms with Crippen molar-refractivity contribution in [3.8, 4) is 6.07 Å². The zero-order valence-corrected chi connectivity index (χ0v) is 11.6. The van der Waals surface area contributed by atoms with Crippen LogP contribution < -0.4 is 5.12 Å². The molecule has 0 saturated carbocycles. The average Bonchev–Trinajstić information content (AvgIpc) is 2.86. The molecule has 0 aromatic heterocycles. The van der Waals surface area contributed by atoms with E-state index >= 15 is 0 Å². The van der Waals surface area contributed by atoms with E-state index in [1.54, 1.807) is 0 Å². The minimum Gasteiger partial charge on any atom is -0.198 e. The van der Waals surface area contributed by atoms with Gasteiger partial charge in [0.15, 0.2) is 0 Å². The number of rotatable bonds is 1. The molecule has 4 heteroatoms. The van der Waals surface area contributed by atoms with E-state index in [9.17, 15) is 5.26 Å². The molecular formula is C15H18N4. The summed E-state index contributed by atoms with van der Waals surface area (Å²) in [5.41, 5.74) is 3.08. The number of nitriles is 1. The molecule has 0 radical (unpaired) electrons. The first-order valence-electron chi connectivity index (χ1n) is 6.67. The normalized spacial score (nSPS) is 30.1. The zero-order valence-electron chi connectivity index (χ0n) is 11.6. The van der Waals surface area contributed by atoms with E-state index in [0.29, 0.717) is 0 Å². The standard InChI is InChI=1S/C15H18N4/c1-11-4-6-14(7-5-11)19-17-12(2)15(3)13(10-16)8-9-18(15)19/h4-7,13H,8-9H2,1-3H3/t13-,15-/m1/s1. The highest BCUT2D eigenvalue weighted by Crippen LogP contribution is 2.42. The Hall–Kier alpha value is -1.86. The van der Waals surface area contributed by atoms with Gasteiger partial charge in [-0.05, 0) is 39.3 Å². The summed E-state index contributed by atoms with van der Waals surface area (Å²) in [5.74, 6) is 0.0201. The molecule has 19 heavy (non-hydrogen) atoms. The maximum atomic E-state index is 9.34. The van der Waals surface area contributed by atoms with E-state index in [1.807, 2.05) is 12.0 Å². The van der Waals surface area contributed by atoms with Gasteiger partial charge in [0.1, 0.15) is 0 Å². The van der Waals surface area contributed by atoms with Crippen LogP contribution in [-0.2, 0) is 0 Å². The van der Waals surface area contributed by atoms with Crippen LogP contribution in [0, 0.1) is 24.2 Å². The number of hydrazone groups is 1. The first kappa shape index (κ1) is 12.2. The van der Waals surface area contributed by atoms with Gasteiger partial charge < -0.3 is 0 Å². The second-order valence-corrected chi connectivity index (χ2v) is 5.55. The quantitative estimate of drug-likeness (QED) is 0.774. The molecule has 2 aliphatic heterocycles. The lowest BCUT2D eigenvalue weighted by Gasteiger charge is -2.34. The van der Waals surface area contributed by atoms with Crippen molar-refractivity contribution in [1.29, 1.82) is 5.26 Å². The summed E-state index contributed by atoms with van der Waals surface area (Å²) in [6.45, 7) is 7.11. The number of aryl methyl sites for hydroxylation is 1. The predicted octanol–water partition coefficient (Wildman–Crippen LogP) is 2.71. The summed E-state index contributed by atoms with van der Waals surface area (Å²) >= 11 is 0. The van der Waals surface area contributed by atoms with Crippen molar-refractivity contribution in [2.24, 2.45) is 11.0 Å².